The van der Waals surface area contributed by atoms with Crippen LogP contribution in [0.4, 0.5) is 0 Å². The summed E-state index contributed by atoms with van der Waals surface area (Å²) in [6.45, 7) is 8.38. The Hall–Kier alpha value is -6.58. The summed E-state index contributed by atoms with van der Waals surface area (Å²) in [7, 11) is 0. The van der Waals surface area contributed by atoms with Crippen molar-refractivity contribution < 1.29 is 0 Å². The maximum Gasteiger partial charge on any atom is 0.148 e. The van der Waals surface area contributed by atoms with Crippen LogP contribution >= 0.6 is 0 Å². The van der Waals surface area contributed by atoms with Crippen molar-refractivity contribution >= 4 is 83.5 Å². The van der Waals surface area contributed by atoms with Gasteiger partial charge in [-0.1, -0.05) is 135 Å². The molecule has 228 valence electrons. The highest BCUT2D eigenvalue weighted by Crippen LogP contribution is 2.44. The van der Waals surface area contributed by atoms with Gasteiger partial charge in [-0.3, -0.25) is 9.38 Å². The van der Waals surface area contributed by atoms with Crippen molar-refractivity contribution in [3.8, 4) is 22.3 Å². The van der Waals surface area contributed by atoms with Crippen molar-refractivity contribution in [1.82, 2.24) is 14.4 Å². The van der Waals surface area contributed by atoms with Gasteiger partial charge < -0.3 is 0 Å². The Labute approximate surface area is 282 Å². The number of para-hydroxylation sites is 2. The topological polar surface area (TPSA) is 30.2 Å². The zero-order chi connectivity index (χ0) is 32.6. The Balaban J connectivity index is 1.37. The van der Waals surface area contributed by atoms with Crippen LogP contribution in [0.3, 0.4) is 0 Å². The lowest BCUT2D eigenvalue weighted by Crippen LogP contribution is -2.24. The molecule has 0 atom stereocenters. The fourth-order valence-electron chi connectivity index (χ4n) is 8.01. The van der Waals surface area contributed by atoms with E-state index < -0.39 is 0 Å². The fourth-order valence-corrected chi connectivity index (χ4v) is 8.01. The lowest BCUT2D eigenvalue weighted by atomic mass is 9.85. The third-order valence-electron chi connectivity index (χ3n) is 10.1. The molecule has 3 heteroatoms. The standard InChI is InChI=1S/C46H29N3/c1-3-12-31-28(2)13-10-19-33(31)43-36-17-6-4-15-34(36)42(35-16-5-7-18-37(35)43)30-23-24-32-38-25-22-29-14-11-26-47-45(29)44(38)46-48-39-20-8-9-21-40(39)49(46)41(32)27-30/h3-27H,1-2H2/b31-12+. The molecule has 0 radical (unpaired) electrons. The predicted octanol–water partition coefficient (Wildman–Crippen LogP) is 10.4. The van der Waals surface area contributed by atoms with Crippen LogP contribution in [-0.2, 0) is 0 Å². The number of hydrogen-bond acceptors (Lipinski definition) is 2. The van der Waals surface area contributed by atoms with Crippen LogP contribution < -0.4 is 10.4 Å². The van der Waals surface area contributed by atoms with Gasteiger partial charge in [0.15, 0.2) is 0 Å². The van der Waals surface area contributed by atoms with Gasteiger partial charge in [-0.05, 0) is 83.9 Å². The molecule has 0 spiro atoms. The van der Waals surface area contributed by atoms with Gasteiger partial charge in [0.25, 0.3) is 0 Å². The lowest BCUT2D eigenvalue weighted by Gasteiger charge is -2.19. The average molecular weight is 624 g/mol. The van der Waals surface area contributed by atoms with Crippen molar-refractivity contribution in [1.29, 1.82) is 0 Å². The van der Waals surface area contributed by atoms with E-state index in [1.807, 2.05) is 18.3 Å². The largest absolute Gasteiger partial charge is 0.292 e. The summed E-state index contributed by atoms with van der Waals surface area (Å²) in [6.07, 6.45) is 5.80. The number of hydrogen-bond donors (Lipinski definition) is 0. The van der Waals surface area contributed by atoms with E-state index in [-0.39, 0.29) is 0 Å². The zero-order valence-electron chi connectivity index (χ0n) is 26.7. The van der Waals surface area contributed by atoms with Gasteiger partial charge in [0.1, 0.15) is 5.65 Å². The first-order chi connectivity index (χ1) is 24.2. The second-order valence-corrected chi connectivity index (χ2v) is 12.7. The van der Waals surface area contributed by atoms with Crippen molar-refractivity contribution in [2.24, 2.45) is 0 Å². The first kappa shape index (κ1) is 27.5. The third-order valence-corrected chi connectivity index (χ3v) is 10.1. The van der Waals surface area contributed by atoms with E-state index in [0.29, 0.717) is 0 Å². The Kier molecular flexibility index (Phi) is 5.88. The Morgan fingerprint density at radius 1 is 0.592 bits per heavy atom. The molecule has 0 saturated carbocycles. The van der Waals surface area contributed by atoms with Gasteiger partial charge in [0.2, 0.25) is 0 Å². The molecular weight excluding hydrogens is 595 g/mol. The molecule has 0 amide bonds. The molecule has 0 fully saturated rings. The number of benzene rings is 7. The van der Waals surface area contributed by atoms with E-state index in [9.17, 15) is 0 Å². The second kappa shape index (κ2) is 10.5. The van der Waals surface area contributed by atoms with Gasteiger partial charge in [0.05, 0.1) is 27.5 Å². The molecule has 10 aromatic rings. The van der Waals surface area contributed by atoms with Crippen LogP contribution in [0.25, 0.3) is 106 Å². The van der Waals surface area contributed by atoms with Crippen LogP contribution in [0, 0.1) is 0 Å². The third kappa shape index (κ3) is 3.90. The smallest absolute Gasteiger partial charge is 0.148 e. The monoisotopic (exact) mass is 623 g/mol. The summed E-state index contributed by atoms with van der Waals surface area (Å²) >= 11 is 0. The quantitative estimate of drug-likeness (QED) is 0.145. The Bertz CT molecular complexity index is 3090. The molecule has 7 aromatic carbocycles. The molecule has 10 rings (SSSR count). The molecule has 0 aliphatic rings. The first-order valence-electron chi connectivity index (χ1n) is 16.6. The van der Waals surface area contributed by atoms with Crippen molar-refractivity contribution in [3.63, 3.8) is 0 Å². The van der Waals surface area contributed by atoms with Gasteiger partial charge in [-0.2, -0.15) is 0 Å². The van der Waals surface area contributed by atoms with Crippen LogP contribution in [0.15, 0.2) is 152 Å². The number of pyridine rings is 2. The molecule has 49 heavy (non-hydrogen) atoms. The molecule has 3 aromatic heterocycles. The minimum absolute atomic E-state index is 0.925. The van der Waals surface area contributed by atoms with E-state index in [0.717, 1.165) is 65.4 Å². The highest BCUT2D eigenvalue weighted by molar-refractivity contribution is 6.24. The van der Waals surface area contributed by atoms with Crippen molar-refractivity contribution in [2.45, 2.75) is 0 Å². The number of allylic oxidation sites excluding steroid dienone is 1. The van der Waals surface area contributed by atoms with E-state index >= 15 is 0 Å². The van der Waals surface area contributed by atoms with E-state index in [1.54, 1.807) is 0 Å². The van der Waals surface area contributed by atoms with Crippen LogP contribution in [0.1, 0.15) is 0 Å². The summed E-state index contributed by atoms with van der Waals surface area (Å²) < 4.78 is 2.33. The normalized spacial score (nSPS) is 12.4. The first-order valence-corrected chi connectivity index (χ1v) is 16.6. The highest BCUT2D eigenvalue weighted by Gasteiger charge is 2.20. The average Bonchev–Trinajstić information content (AvgIpc) is 3.54. The summed E-state index contributed by atoms with van der Waals surface area (Å²) in [5, 5.41) is 11.4. The van der Waals surface area contributed by atoms with Gasteiger partial charge in [-0.25, -0.2) is 4.98 Å². The van der Waals surface area contributed by atoms with Gasteiger partial charge >= 0.3 is 0 Å². The van der Waals surface area contributed by atoms with Crippen molar-refractivity contribution in [3.05, 3.63) is 163 Å². The minimum Gasteiger partial charge on any atom is -0.292 e. The number of fused-ring (bicyclic) bond motifs is 12. The highest BCUT2D eigenvalue weighted by atomic mass is 15.0. The van der Waals surface area contributed by atoms with Gasteiger partial charge in [0, 0.05) is 17.0 Å². The van der Waals surface area contributed by atoms with Crippen LogP contribution in [0.5, 0.6) is 0 Å². The summed E-state index contributed by atoms with van der Waals surface area (Å²) in [5.41, 5.74) is 9.81. The molecule has 3 heterocycles. The summed E-state index contributed by atoms with van der Waals surface area (Å²) in [4.78, 5) is 10.1. The molecule has 0 saturated heterocycles. The SMILES string of the molecule is C=C/C=c1/c(-c2c3ccccc3c(-c3ccc4c5ccc6cccnc6c5c5nc6ccccc6n5c4c3)c3ccccc23)cccc1=C. The van der Waals surface area contributed by atoms with E-state index in [4.69, 9.17) is 9.97 Å². The summed E-state index contributed by atoms with van der Waals surface area (Å²) in [5.74, 6) is 0. The Morgan fingerprint density at radius 3 is 2.08 bits per heavy atom. The maximum absolute atomic E-state index is 5.23. The molecule has 0 aliphatic carbocycles. The molecular formula is C46H29N3. The fraction of sp³-hybridized carbons (Fsp3) is 0. The number of aromatic nitrogens is 3. The molecule has 0 unspecified atom stereocenters. The molecule has 3 nitrogen and oxygen atoms in total. The number of imidazole rings is 1. The number of rotatable bonds is 3. The zero-order valence-corrected chi connectivity index (χ0v) is 26.7. The van der Waals surface area contributed by atoms with E-state index in [1.165, 1.54) is 38.1 Å². The van der Waals surface area contributed by atoms with Crippen LogP contribution in [-0.4, -0.2) is 14.4 Å². The van der Waals surface area contributed by atoms with Crippen LogP contribution in [0.2, 0.25) is 0 Å². The Morgan fingerprint density at radius 2 is 1.31 bits per heavy atom. The summed E-state index contributed by atoms with van der Waals surface area (Å²) in [6, 6.07) is 47.9. The predicted molar refractivity (Wildman–Crippen MR) is 208 cm³/mol. The van der Waals surface area contributed by atoms with Gasteiger partial charge in [-0.15, -0.1) is 0 Å². The minimum atomic E-state index is 0.925. The number of nitrogens with zero attached hydrogens (tertiary/aromatic N) is 3. The molecule has 0 bridgehead atoms. The maximum atomic E-state index is 5.23. The van der Waals surface area contributed by atoms with Crippen molar-refractivity contribution in [2.75, 3.05) is 0 Å². The lowest BCUT2D eigenvalue weighted by molar-refractivity contribution is 1.31. The molecule has 0 N–H and O–H groups in total. The second-order valence-electron chi connectivity index (χ2n) is 12.7. The van der Waals surface area contributed by atoms with E-state index in [2.05, 4.69) is 151 Å². The molecule has 0 aliphatic heterocycles.